The lowest BCUT2D eigenvalue weighted by atomic mass is 10.3. The van der Waals surface area contributed by atoms with Crippen LogP contribution in [0.4, 0.5) is 0 Å². The monoisotopic (exact) mass is 268 g/mol. The van der Waals surface area contributed by atoms with Gasteiger partial charge in [0.2, 0.25) is 0 Å². The fourth-order valence-corrected chi connectivity index (χ4v) is 2.20. The summed E-state index contributed by atoms with van der Waals surface area (Å²) in [6.45, 7) is 8.42. The van der Waals surface area contributed by atoms with Gasteiger partial charge in [0.05, 0.1) is 32.1 Å². The topological polar surface area (TPSA) is 62.5 Å². The van der Waals surface area contributed by atoms with Crippen molar-refractivity contribution >= 4 is 0 Å². The van der Waals surface area contributed by atoms with Gasteiger partial charge in [-0.15, -0.1) is 0 Å². The summed E-state index contributed by atoms with van der Waals surface area (Å²) in [5.41, 5.74) is 1.17. The first-order valence-electron chi connectivity index (χ1n) is 6.92. The first kappa shape index (κ1) is 14.5. The molecule has 0 radical (unpaired) electrons. The smallest absolute Gasteiger partial charge is 0.0791 e. The van der Waals surface area contributed by atoms with Crippen molar-refractivity contribution < 1.29 is 9.84 Å². The Balaban J connectivity index is 1.54. The molecule has 1 aliphatic rings. The first-order valence-corrected chi connectivity index (χ1v) is 6.92. The van der Waals surface area contributed by atoms with Gasteiger partial charge in [0, 0.05) is 38.9 Å². The minimum Gasteiger partial charge on any atom is -0.390 e. The fourth-order valence-electron chi connectivity index (χ4n) is 2.20. The molecule has 0 amide bonds. The summed E-state index contributed by atoms with van der Waals surface area (Å²) >= 11 is 0. The van der Waals surface area contributed by atoms with Gasteiger partial charge in [-0.25, -0.2) is 0 Å². The highest BCUT2D eigenvalue weighted by Crippen LogP contribution is 1.98. The fraction of sp³-hybridized carbons (Fsp3) is 0.769. The second-order valence-electron chi connectivity index (χ2n) is 5.05. The number of hydrogen-bond acceptors (Lipinski definition) is 5. The number of morpholine rings is 1. The van der Waals surface area contributed by atoms with Crippen molar-refractivity contribution in [3.63, 3.8) is 0 Å². The summed E-state index contributed by atoms with van der Waals surface area (Å²) in [6, 6.07) is 0. The van der Waals surface area contributed by atoms with Crippen molar-refractivity contribution in [1.29, 1.82) is 0 Å². The molecule has 0 spiro atoms. The quantitative estimate of drug-likeness (QED) is 0.651. The Kier molecular flexibility index (Phi) is 5.78. The Bertz CT molecular complexity index is 363. The zero-order valence-corrected chi connectivity index (χ0v) is 11.6. The van der Waals surface area contributed by atoms with Crippen LogP contribution in [0, 0.1) is 6.92 Å². The number of β-amino-alcohol motifs (C(OH)–C–C–N with tert-alkyl or cyclic N) is 1. The molecule has 0 unspecified atom stereocenters. The summed E-state index contributed by atoms with van der Waals surface area (Å²) < 4.78 is 7.20. The van der Waals surface area contributed by atoms with E-state index in [2.05, 4.69) is 15.3 Å². The Labute approximate surface area is 114 Å². The molecule has 1 atom stereocenters. The van der Waals surface area contributed by atoms with E-state index in [9.17, 15) is 5.11 Å². The maximum Gasteiger partial charge on any atom is 0.0791 e. The maximum absolute atomic E-state index is 9.94. The SMILES string of the molecule is Cc1cnn(CCNC[C@@H](O)CN2CCOCC2)c1. The van der Waals surface area contributed by atoms with Crippen LogP contribution in [-0.2, 0) is 11.3 Å². The highest BCUT2D eigenvalue weighted by Gasteiger charge is 2.14. The molecule has 108 valence electrons. The van der Waals surface area contributed by atoms with E-state index in [-0.39, 0.29) is 6.10 Å². The van der Waals surface area contributed by atoms with E-state index in [4.69, 9.17) is 4.74 Å². The highest BCUT2D eigenvalue weighted by atomic mass is 16.5. The predicted molar refractivity (Wildman–Crippen MR) is 73.1 cm³/mol. The summed E-state index contributed by atoms with van der Waals surface area (Å²) in [6.07, 6.45) is 3.55. The van der Waals surface area contributed by atoms with E-state index in [0.29, 0.717) is 6.54 Å². The van der Waals surface area contributed by atoms with Crippen molar-refractivity contribution in [3.8, 4) is 0 Å². The van der Waals surface area contributed by atoms with Gasteiger partial charge in [0.25, 0.3) is 0 Å². The molecule has 2 rings (SSSR count). The van der Waals surface area contributed by atoms with Gasteiger partial charge >= 0.3 is 0 Å². The van der Waals surface area contributed by atoms with Gasteiger partial charge in [-0.05, 0) is 12.5 Å². The molecular weight excluding hydrogens is 244 g/mol. The lowest BCUT2D eigenvalue weighted by molar-refractivity contribution is 0.0149. The van der Waals surface area contributed by atoms with Crippen LogP contribution in [-0.4, -0.2) is 71.8 Å². The molecule has 2 heterocycles. The number of rotatable bonds is 7. The molecule has 0 bridgehead atoms. The van der Waals surface area contributed by atoms with Crippen LogP contribution in [0.15, 0.2) is 12.4 Å². The van der Waals surface area contributed by atoms with Crippen molar-refractivity contribution in [3.05, 3.63) is 18.0 Å². The predicted octanol–water partition coefficient (Wildman–Crippen LogP) is -0.526. The molecule has 2 N–H and O–H groups in total. The molecule has 1 aromatic rings. The number of ether oxygens (including phenoxy) is 1. The van der Waals surface area contributed by atoms with Crippen molar-refractivity contribution in [2.45, 2.75) is 19.6 Å². The number of nitrogens with one attached hydrogen (secondary N) is 1. The van der Waals surface area contributed by atoms with Crippen LogP contribution in [0.5, 0.6) is 0 Å². The van der Waals surface area contributed by atoms with Crippen LogP contribution in [0.3, 0.4) is 0 Å². The number of nitrogens with zero attached hydrogens (tertiary/aromatic N) is 3. The van der Waals surface area contributed by atoms with E-state index in [1.54, 1.807) is 0 Å². The molecule has 1 aliphatic heterocycles. The minimum atomic E-state index is -0.322. The second-order valence-corrected chi connectivity index (χ2v) is 5.05. The molecular formula is C13H24N4O2. The third-order valence-electron chi connectivity index (χ3n) is 3.23. The van der Waals surface area contributed by atoms with Gasteiger partial charge in [-0.1, -0.05) is 0 Å². The minimum absolute atomic E-state index is 0.322. The van der Waals surface area contributed by atoms with Gasteiger partial charge in [-0.3, -0.25) is 9.58 Å². The summed E-state index contributed by atoms with van der Waals surface area (Å²) in [5, 5.41) is 17.4. The molecule has 19 heavy (non-hydrogen) atoms. The standard InChI is InChI=1S/C13H24N4O2/c1-12-8-15-17(10-12)3-2-14-9-13(18)11-16-4-6-19-7-5-16/h8,10,13-14,18H,2-7,9,11H2,1H3/t13-/m1/s1. The van der Waals surface area contributed by atoms with Gasteiger partial charge in [0.1, 0.15) is 0 Å². The normalized spacial score (nSPS) is 18.6. The van der Waals surface area contributed by atoms with E-state index in [1.165, 1.54) is 5.56 Å². The molecule has 1 saturated heterocycles. The number of aryl methyl sites for hydroxylation is 1. The number of aliphatic hydroxyl groups is 1. The molecule has 6 nitrogen and oxygen atoms in total. The van der Waals surface area contributed by atoms with Crippen LogP contribution in [0.1, 0.15) is 5.56 Å². The Morgan fingerprint density at radius 3 is 2.95 bits per heavy atom. The lowest BCUT2D eigenvalue weighted by Crippen LogP contribution is -2.44. The van der Waals surface area contributed by atoms with E-state index >= 15 is 0 Å². The van der Waals surface area contributed by atoms with E-state index in [1.807, 2.05) is 24.0 Å². The average Bonchev–Trinajstić information content (AvgIpc) is 2.82. The zero-order chi connectivity index (χ0) is 13.5. The maximum atomic E-state index is 9.94. The van der Waals surface area contributed by atoms with Crippen molar-refractivity contribution in [2.24, 2.45) is 0 Å². The van der Waals surface area contributed by atoms with Crippen LogP contribution >= 0.6 is 0 Å². The molecule has 0 aromatic carbocycles. The largest absolute Gasteiger partial charge is 0.390 e. The first-order chi connectivity index (χ1) is 9.24. The van der Waals surface area contributed by atoms with Crippen molar-refractivity contribution in [2.75, 3.05) is 45.9 Å². The van der Waals surface area contributed by atoms with Gasteiger partial charge in [0.15, 0.2) is 0 Å². The third kappa shape index (κ3) is 5.28. The Morgan fingerprint density at radius 1 is 1.47 bits per heavy atom. The molecule has 0 saturated carbocycles. The molecule has 0 aliphatic carbocycles. The second kappa shape index (κ2) is 7.59. The molecule has 6 heteroatoms. The van der Waals surface area contributed by atoms with Crippen LogP contribution < -0.4 is 5.32 Å². The number of aromatic nitrogens is 2. The summed E-state index contributed by atoms with van der Waals surface area (Å²) in [7, 11) is 0. The zero-order valence-electron chi connectivity index (χ0n) is 11.6. The lowest BCUT2D eigenvalue weighted by Gasteiger charge is -2.28. The third-order valence-corrected chi connectivity index (χ3v) is 3.23. The molecule has 1 aromatic heterocycles. The molecule has 1 fully saturated rings. The Hall–Kier alpha value is -0.950. The summed E-state index contributed by atoms with van der Waals surface area (Å²) in [5.74, 6) is 0. The van der Waals surface area contributed by atoms with E-state index < -0.39 is 0 Å². The van der Waals surface area contributed by atoms with Crippen LogP contribution in [0.25, 0.3) is 0 Å². The Morgan fingerprint density at radius 2 is 2.26 bits per heavy atom. The van der Waals surface area contributed by atoms with Gasteiger partial charge in [-0.2, -0.15) is 5.10 Å². The average molecular weight is 268 g/mol. The van der Waals surface area contributed by atoms with Crippen LogP contribution in [0.2, 0.25) is 0 Å². The summed E-state index contributed by atoms with van der Waals surface area (Å²) in [4.78, 5) is 2.24. The highest BCUT2D eigenvalue weighted by molar-refractivity contribution is 4.99. The van der Waals surface area contributed by atoms with Crippen molar-refractivity contribution in [1.82, 2.24) is 20.0 Å². The number of hydrogen-bond donors (Lipinski definition) is 2. The van der Waals surface area contributed by atoms with Gasteiger partial charge < -0.3 is 15.2 Å². The number of aliphatic hydroxyl groups excluding tert-OH is 1. The van der Waals surface area contributed by atoms with E-state index in [0.717, 1.165) is 45.9 Å².